The van der Waals surface area contributed by atoms with Crippen molar-refractivity contribution in [3.05, 3.63) is 52.1 Å². The SMILES string of the molecule is COCC(C)(S)CCC(=O)N(C)[C@H](C)C(=O)OC1CC(=O)N(C)c2cc(cc(C)c2Cl)C/C(C)=C/C=C/[C@@H](C)[C@@]2(O)C[C@H](OC(=O)N2)[C@@H](C)[C@@H]2O[C@@]12C.S. The van der Waals surface area contributed by atoms with E-state index in [4.69, 9.17) is 30.5 Å². The molecule has 1 aromatic carbocycles. The minimum atomic E-state index is -1.60. The maximum atomic E-state index is 14.1. The number of nitrogens with one attached hydrogen (secondary N) is 1. The number of likely N-dealkylation sites (N-methyl/N-ethyl adjacent to an activating group) is 1. The van der Waals surface area contributed by atoms with E-state index in [2.05, 4.69) is 17.9 Å². The van der Waals surface area contributed by atoms with Gasteiger partial charge in [0.25, 0.3) is 0 Å². The fraction of sp³-hybridized carbons (Fsp3) is 0.641. The summed E-state index contributed by atoms with van der Waals surface area (Å²) in [7, 11) is 4.72. The summed E-state index contributed by atoms with van der Waals surface area (Å²) in [6.07, 6.45) is 3.34. The number of aliphatic hydroxyl groups is 1. The molecule has 3 heterocycles. The Morgan fingerprint density at radius 1 is 1.26 bits per heavy atom. The van der Waals surface area contributed by atoms with Gasteiger partial charge < -0.3 is 33.9 Å². The van der Waals surface area contributed by atoms with Crippen molar-refractivity contribution in [3.8, 4) is 0 Å². The van der Waals surface area contributed by atoms with Crippen LogP contribution in [0.1, 0.15) is 78.4 Å². The second-order valence-corrected chi connectivity index (χ2v) is 17.0. The van der Waals surface area contributed by atoms with E-state index in [1.807, 2.05) is 65.0 Å². The zero-order valence-corrected chi connectivity index (χ0v) is 35.7. The summed E-state index contributed by atoms with van der Waals surface area (Å²) in [5.74, 6) is -2.31. The predicted molar refractivity (Wildman–Crippen MR) is 216 cm³/mol. The number of esters is 1. The van der Waals surface area contributed by atoms with E-state index in [1.165, 1.54) is 16.8 Å². The van der Waals surface area contributed by atoms with Gasteiger partial charge in [0.15, 0.2) is 0 Å². The molecule has 54 heavy (non-hydrogen) atoms. The van der Waals surface area contributed by atoms with Crippen LogP contribution < -0.4 is 10.2 Å². The molecular formula is C39H58ClN3O9S2. The van der Waals surface area contributed by atoms with Gasteiger partial charge in [0.1, 0.15) is 29.6 Å². The van der Waals surface area contributed by atoms with E-state index < -0.39 is 64.3 Å². The maximum Gasteiger partial charge on any atom is 0.409 e. The number of hydrogen-bond donors (Lipinski definition) is 3. The minimum absolute atomic E-state index is 0. The lowest BCUT2D eigenvalue weighted by Crippen LogP contribution is -2.60. The Balaban J connectivity index is 0.00000784. The summed E-state index contributed by atoms with van der Waals surface area (Å²) >= 11 is 11.4. The second kappa shape index (κ2) is 18.0. The van der Waals surface area contributed by atoms with Crippen molar-refractivity contribution in [2.24, 2.45) is 11.8 Å². The van der Waals surface area contributed by atoms with E-state index in [0.717, 1.165) is 16.7 Å². The highest BCUT2D eigenvalue weighted by Crippen LogP contribution is 2.49. The first-order valence-electron chi connectivity index (χ1n) is 18.1. The van der Waals surface area contributed by atoms with Gasteiger partial charge in [-0.25, -0.2) is 9.59 Å². The van der Waals surface area contributed by atoms with Crippen molar-refractivity contribution in [3.63, 3.8) is 0 Å². The monoisotopic (exact) mass is 811 g/mol. The highest BCUT2D eigenvalue weighted by Gasteiger charge is 2.64. The smallest absolute Gasteiger partial charge is 0.409 e. The molecule has 9 atom stereocenters. The topological polar surface area (TPSA) is 147 Å². The molecule has 2 N–H and O–H groups in total. The molecule has 0 saturated carbocycles. The number of amides is 3. The van der Waals surface area contributed by atoms with Crippen LogP contribution in [0, 0.1) is 18.8 Å². The number of halogens is 1. The molecule has 0 radical (unpaired) electrons. The first kappa shape index (κ1) is 45.6. The molecule has 302 valence electrons. The summed E-state index contributed by atoms with van der Waals surface area (Å²) in [6, 6.07) is 2.86. The van der Waals surface area contributed by atoms with Crippen LogP contribution in [0.4, 0.5) is 10.5 Å². The number of methoxy groups -OCH3 is 1. The standard InChI is InChI=1S/C39H56ClN3O9S.H2S/c1-22-12-11-13-24(3)39(48)20-29(50-36(47)41-39)25(4)34-38(7,52-34)30(19-32(45)43(9)28-18-27(16-22)17-23(2)33(28)40)51-35(46)26(5)42(8)31(44)14-15-37(6,53)21-49-10;/h11-13,17-18,24-26,29-30,34,48,53H,14-16,19-21H2,1-10H3,(H,41,47);1H2/b13-11+,22-12+;/t24-,25-,26-,29+,30?,34+,37?,38+,39+;/m1./s1. The molecular weight excluding hydrogens is 754 g/mol. The quantitative estimate of drug-likeness (QED) is 0.172. The van der Waals surface area contributed by atoms with Gasteiger partial charge in [-0.15, -0.1) is 0 Å². The van der Waals surface area contributed by atoms with Crippen LogP contribution in [-0.4, -0.2) is 102 Å². The number of carbonyl (C=O) groups excluding carboxylic acids is 4. The summed E-state index contributed by atoms with van der Waals surface area (Å²) in [4.78, 5) is 56.6. The summed E-state index contributed by atoms with van der Waals surface area (Å²) < 4.78 is 22.7. The molecule has 15 heteroatoms. The van der Waals surface area contributed by atoms with Crippen LogP contribution in [0.25, 0.3) is 0 Å². The largest absolute Gasteiger partial charge is 0.457 e. The molecule has 2 saturated heterocycles. The van der Waals surface area contributed by atoms with Crippen LogP contribution in [0.15, 0.2) is 35.9 Å². The third-order valence-electron chi connectivity index (χ3n) is 11.0. The summed E-state index contributed by atoms with van der Waals surface area (Å²) in [5, 5.41) is 14.7. The Morgan fingerprint density at radius 3 is 2.57 bits per heavy atom. The van der Waals surface area contributed by atoms with E-state index in [-0.39, 0.29) is 44.6 Å². The lowest BCUT2D eigenvalue weighted by molar-refractivity contribution is -0.162. The van der Waals surface area contributed by atoms with Crippen molar-refractivity contribution in [2.75, 3.05) is 32.7 Å². The van der Waals surface area contributed by atoms with E-state index >= 15 is 0 Å². The molecule has 3 aliphatic rings. The van der Waals surface area contributed by atoms with Gasteiger partial charge >= 0.3 is 12.1 Å². The molecule has 3 amide bonds. The molecule has 4 bridgehead atoms. The first-order valence-corrected chi connectivity index (χ1v) is 18.9. The second-order valence-electron chi connectivity index (χ2n) is 15.6. The van der Waals surface area contributed by atoms with Gasteiger partial charge in [-0.05, 0) is 64.7 Å². The van der Waals surface area contributed by atoms with Gasteiger partial charge in [-0.1, -0.05) is 55.3 Å². The fourth-order valence-corrected chi connectivity index (χ4v) is 7.57. The number of benzene rings is 1. The van der Waals surface area contributed by atoms with E-state index in [0.29, 0.717) is 30.2 Å². The molecule has 12 nitrogen and oxygen atoms in total. The van der Waals surface area contributed by atoms with Gasteiger partial charge in [-0.2, -0.15) is 26.1 Å². The lowest BCUT2D eigenvalue weighted by atomic mass is 9.82. The number of hydrogen-bond acceptors (Lipinski definition) is 10. The van der Waals surface area contributed by atoms with Crippen LogP contribution in [-0.2, 0) is 39.8 Å². The number of ether oxygens (including phenoxy) is 4. The number of nitrogens with zero attached hydrogens (tertiary/aromatic N) is 2. The Hall–Kier alpha value is -2.75. The van der Waals surface area contributed by atoms with Gasteiger partial charge in [0, 0.05) is 50.6 Å². The Morgan fingerprint density at radius 2 is 1.93 bits per heavy atom. The van der Waals surface area contributed by atoms with Crippen molar-refractivity contribution in [1.29, 1.82) is 0 Å². The third-order valence-corrected chi connectivity index (χ3v) is 11.8. The Labute approximate surface area is 337 Å². The van der Waals surface area contributed by atoms with Crippen molar-refractivity contribution < 1.29 is 43.2 Å². The van der Waals surface area contributed by atoms with Crippen molar-refractivity contribution in [2.45, 2.75) is 121 Å². The molecule has 0 aromatic heterocycles. The summed E-state index contributed by atoms with van der Waals surface area (Å²) in [5.41, 5.74) is 0.484. The number of aryl methyl sites for hydroxylation is 1. The molecule has 0 aliphatic carbocycles. The number of thiol groups is 1. The van der Waals surface area contributed by atoms with Gasteiger partial charge in [-0.3, -0.25) is 14.9 Å². The van der Waals surface area contributed by atoms with Crippen molar-refractivity contribution >= 4 is 67.3 Å². The molecule has 0 spiro atoms. The lowest BCUT2D eigenvalue weighted by Gasteiger charge is -2.41. The van der Waals surface area contributed by atoms with Crippen LogP contribution in [0.5, 0.6) is 0 Å². The van der Waals surface area contributed by atoms with Crippen LogP contribution in [0.2, 0.25) is 5.02 Å². The fourth-order valence-electron chi connectivity index (χ4n) is 7.10. The first-order chi connectivity index (χ1) is 24.6. The summed E-state index contributed by atoms with van der Waals surface area (Å²) in [6.45, 7) is 13.1. The van der Waals surface area contributed by atoms with Crippen LogP contribution >= 0.6 is 37.7 Å². The highest BCUT2D eigenvalue weighted by atomic mass is 35.5. The predicted octanol–water partition coefficient (Wildman–Crippen LogP) is 5.66. The Kier molecular flexibility index (Phi) is 15.2. The van der Waals surface area contributed by atoms with Gasteiger partial charge in [0.05, 0.1) is 29.8 Å². The van der Waals surface area contributed by atoms with E-state index in [9.17, 15) is 24.3 Å². The zero-order chi connectivity index (χ0) is 39.6. The van der Waals surface area contributed by atoms with Crippen LogP contribution in [0.3, 0.4) is 0 Å². The number of alkyl carbamates (subject to hydrolysis) is 1. The molecule has 4 rings (SSSR count). The third kappa shape index (κ3) is 10.5. The molecule has 3 aliphatic heterocycles. The average Bonchev–Trinajstić information content (AvgIpc) is 3.78. The Bertz CT molecular complexity index is 1640. The van der Waals surface area contributed by atoms with Gasteiger partial charge in [0.2, 0.25) is 11.8 Å². The molecule has 2 fully saturated rings. The highest BCUT2D eigenvalue weighted by molar-refractivity contribution is 7.81. The molecule has 1 aromatic rings. The number of rotatable bonds is 8. The molecule has 2 unspecified atom stereocenters. The number of carbonyl (C=O) groups is 4. The van der Waals surface area contributed by atoms with Crippen molar-refractivity contribution in [1.82, 2.24) is 10.2 Å². The number of epoxide rings is 1. The minimum Gasteiger partial charge on any atom is -0.457 e. The van der Waals surface area contributed by atoms with E-state index in [1.54, 1.807) is 28.0 Å². The maximum absolute atomic E-state index is 14.1. The number of allylic oxidation sites excluding steroid dienone is 3. The zero-order valence-electron chi connectivity index (χ0n) is 33.0. The normalized spacial score (nSPS) is 31.9. The average molecular weight is 812 g/mol. The number of fused-ring (bicyclic) bond motifs is 5. The number of anilines is 1.